The molecule has 5 heteroatoms. The van der Waals surface area contributed by atoms with Crippen molar-refractivity contribution in [2.24, 2.45) is 0 Å². The lowest BCUT2D eigenvalue weighted by atomic mass is 10.1. The third kappa shape index (κ3) is 6.04. The maximum Gasteiger partial charge on any atom is 0.407 e. The number of halogens is 1. The molecular formula is C18H27ClN2O2. The number of benzene rings is 1. The normalized spacial score (nSPS) is 22.7. The molecule has 0 bridgehead atoms. The van der Waals surface area contributed by atoms with Gasteiger partial charge in [-0.1, -0.05) is 23.7 Å². The van der Waals surface area contributed by atoms with Crippen LogP contribution in [0.25, 0.3) is 0 Å². The number of nitrogens with one attached hydrogen (secondary N) is 2. The van der Waals surface area contributed by atoms with Crippen LogP contribution in [-0.4, -0.2) is 23.8 Å². The molecule has 2 rings (SSSR count). The summed E-state index contributed by atoms with van der Waals surface area (Å²) in [6.07, 6.45) is 2.63. The lowest BCUT2D eigenvalue weighted by Gasteiger charge is -2.22. The predicted molar refractivity (Wildman–Crippen MR) is 93.8 cm³/mol. The molecular weight excluding hydrogens is 312 g/mol. The van der Waals surface area contributed by atoms with Crippen LogP contribution in [0.4, 0.5) is 4.79 Å². The van der Waals surface area contributed by atoms with E-state index in [-0.39, 0.29) is 18.2 Å². The fourth-order valence-corrected chi connectivity index (χ4v) is 3.07. The van der Waals surface area contributed by atoms with E-state index < -0.39 is 5.60 Å². The van der Waals surface area contributed by atoms with Crippen molar-refractivity contribution in [1.29, 1.82) is 0 Å². The lowest BCUT2D eigenvalue weighted by Crippen LogP contribution is -2.39. The van der Waals surface area contributed by atoms with Crippen LogP contribution in [0.2, 0.25) is 5.02 Å². The second-order valence-corrected chi connectivity index (χ2v) is 7.73. The molecule has 23 heavy (non-hydrogen) atoms. The molecule has 1 amide bonds. The number of hydrogen-bond donors (Lipinski definition) is 2. The summed E-state index contributed by atoms with van der Waals surface area (Å²) >= 11 is 5.93. The van der Waals surface area contributed by atoms with Crippen LogP contribution in [0.5, 0.6) is 0 Å². The molecule has 0 spiro atoms. The molecule has 0 aromatic heterocycles. The van der Waals surface area contributed by atoms with Gasteiger partial charge in [-0.15, -0.1) is 0 Å². The zero-order valence-corrected chi connectivity index (χ0v) is 15.1. The molecule has 2 N–H and O–H groups in total. The van der Waals surface area contributed by atoms with Crippen molar-refractivity contribution in [1.82, 2.24) is 10.6 Å². The third-order valence-corrected chi connectivity index (χ3v) is 4.26. The first-order valence-electron chi connectivity index (χ1n) is 8.24. The molecule has 1 aliphatic carbocycles. The average molecular weight is 339 g/mol. The number of hydrogen-bond acceptors (Lipinski definition) is 3. The maximum atomic E-state index is 11.8. The van der Waals surface area contributed by atoms with E-state index in [1.807, 2.05) is 45.0 Å². The molecule has 0 heterocycles. The topological polar surface area (TPSA) is 50.4 Å². The lowest BCUT2D eigenvalue weighted by molar-refractivity contribution is 0.0505. The first-order valence-corrected chi connectivity index (χ1v) is 8.62. The predicted octanol–water partition coefficient (Wildman–Crippen LogP) is 4.44. The Labute approximate surface area is 143 Å². The van der Waals surface area contributed by atoms with Crippen LogP contribution < -0.4 is 10.6 Å². The zero-order chi connectivity index (χ0) is 17.0. The summed E-state index contributed by atoms with van der Waals surface area (Å²) < 4.78 is 5.31. The van der Waals surface area contributed by atoms with Gasteiger partial charge < -0.3 is 15.4 Å². The van der Waals surface area contributed by atoms with Crippen LogP contribution >= 0.6 is 11.6 Å². The largest absolute Gasteiger partial charge is 0.444 e. The molecule has 2 unspecified atom stereocenters. The second-order valence-electron chi connectivity index (χ2n) is 7.29. The highest BCUT2D eigenvalue weighted by Crippen LogP contribution is 2.24. The second kappa shape index (κ2) is 7.54. The van der Waals surface area contributed by atoms with Gasteiger partial charge in [-0.2, -0.15) is 0 Å². The number of ether oxygens (including phenoxy) is 1. The standard InChI is InChI=1S/C18H27ClN2O2/c1-12(13-5-7-14(19)8-6-13)20-15-9-10-16(11-15)21-17(22)23-18(2,3)4/h5-8,12,15-16,20H,9-11H2,1-4H3,(H,21,22)/t12-,15?,16?/m0/s1. The van der Waals surface area contributed by atoms with E-state index >= 15 is 0 Å². The van der Waals surface area contributed by atoms with Gasteiger partial charge in [0, 0.05) is 23.1 Å². The highest BCUT2D eigenvalue weighted by molar-refractivity contribution is 6.30. The van der Waals surface area contributed by atoms with Crippen LogP contribution in [0, 0.1) is 0 Å². The first kappa shape index (κ1) is 18.1. The van der Waals surface area contributed by atoms with Crippen molar-refractivity contribution in [3.8, 4) is 0 Å². The average Bonchev–Trinajstić information content (AvgIpc) is 2.84. The van der Waals surface area contributed by atoms with Crippen LogP contribution in [-0.2, 0) is 4.74 Å². The van der Waals surface area contributed by atoms with E-state index in [0.717, 1.165) is 24.3 Å². The monoisotopic (exact) mass is 338 g/mol. The molecule has 1 aliphatic rings. The summed E-state index contributed by atoms with van der Waals surface area (Å²) in [7, 11) is 0. The highest BCUT2D eigenvalue weighted by atomic mass is 35.5. The number of alkyl carbamates (subject to hydrolysis) is 1. The quantitative estimate of drug-likeness (QED) is 0.853. The summed E-state index contributed by atoms with van der Waals surface area (Å²) in [5.41, 5.74) is 0.765. The molecule has 128 valence electrons. The molecule has 1 saturated carbocycles. The first-order chi connectivity index (χ1) is 10.7. The summed E-state index contributed by atoms with van der Waals surface area (Å²) in [5, 5.41) is 7.35. The van der Waals surface area contributed by atoms with Gasteiger partial charge in [0.15, 0.2) is 0 Å². The van der Waals surface area contributed by atoms with Gasteiger partial charge >= 0.3 is 6.09 Å². The van der Waals surface area contributed by atoms with E-state index in [4.69, 9.17) is 16.3 Å². The Balaban J connectivity index is 1.79. The minimum Gasteiger partial charge on any atom is -0.444 e. The molecule has 0 saturated heterocycles. The molecule has 0 radical (unpaired) electrons. The number of rotatable bonds is 4. The van der Waals surface area contributed by atoms with Crippen LogP contribution in [0.3, 0.4) is 0 Å². The van der Waals surface area contributed by atoms with E-state index in [1.165, 1.54) is 5.56 Å². The minimum absolute atomic E-state index is 0.180. The maximum absolute atomic E-state index is 11.8. The Bertz CT molecular complexity index is 525. The van der Waals surface area contributed by atoms with Gasteiger partial charge in [0.25, 0.3) is 0 Å². The Kier molecular flexibility index (Phi) is 5.93. The van der Waals surface area contributed by atoms with E-state index in [0.29, 0.717) is 6.04 Å². The highest BCUT2D eigenvalue weighted by Gasteiger charge is 2.28. The van der Waals surface area contributed by atoms with Crippen LogP contribution in [0.15, 0.2) is 24.3 Å². The zero-order valence-electron chi connectivity index (χ0n) is 14.4. The Morgan fingerprint density at radius 1 is 1.22 bits per heavy atom. The summed E-state index contributed by atoms with van der Waals surface area (Å²) in [6.45, 7) is 7.77. The summed E-state index contributed by atoms with van der Waals surface area (Å²) in [4.78, 5) is 11.8. The third-order valence-electron chi connectivity index (χ3n) is 4.01. The van der Waals surface area contributed by atoms with Crippen molar-refractivity contribution in [2.75, 3.05) is 0 Å². The van der Waals surface area contributed by atoms with Crippen molar-refractivity contribution >= 4 is 17.7 Å². The van der Waals surface area contributed by atoms with Crippen molar-refractivity contribution in [2.45, 2.75) is 70.7 Å². The number of carbonyl (C=O) groups excluding carboxylic acids is 1. The van der Waals surface area contributed by atoms with Gasteiger partial charge in [0.1, 0.15) is 5.60 Å². The van der Waals surface area contributed by atoms with Crippen molar-refractivity contribution < 1.29 is 9.53 Å². The fraction of sp³-hybridized carbons (Fsp3) is 0.611. The van der Waals surface area contributed by atoms with Gasteiger partial charge in [0.2, 0.25) is 0 Å². The fourth-order valence-electron chi connectivity index (χ4n) is 2.94. The Hall–Kier alpha value is -1.26. The van der Waals surface area contributed by atoms with Crippen LogP contribution in [0.1, 0.15) is 58.6 Å². The molecule has 1 fully saturated rings. The summed E-state index contributed by atoms with van der Waals surface area (Å²) in [5.74, 6) is 0. The van der Waals surface area contributed by atoms with E-state index in [2.05, 4.69) is 17.6 Å². The number of amides is 1. The van der Waals surface area contributed by atoms with Gasteiger partial charge in [-0.25, -0.2) is 4.79 Å². The van der Waals surface area contributed by atoms with Crippen molar-refractivity contribution in [3.05, 3.63) is 34.9 Å². The minimum atomic E-state index is -0.455. The molecule has 4 nitrogen and oxygen atoms in total. The Morgan fingerprint density at radius 2 is 1.83 bits per heavy atom. The van der Waals surface area contributed by atoms with Crippen molar-refractivity contribution in [3.63, 3.8) is 0 Å². The summed E-state index contributed by atoms with van der Waals surface area (Å²) in [6, 6.07) is 8.77. The Morgan fingerprint density at radius 3 is 2.43 bits per heavy atom. The molecule has 1 aromatic rings. The molecule has 3 atom stereocenters. The molecule has 1 aromatic carbocycles. The van der Waals surface area contributed by atoms with E-state index in [9.17, 15) is 4.79 Å². The van der Waals surface area contributed by atoms with Gasteiger partial charge in [-0.05, 0) is 64.7 Å². The van der Waals surface area contributed by atoms with Gasteiger partial charge in [0.05, 0.1) is 0 Å². The number of carbonyl (C=O) groups is 1. The smallest absolute Gasteiger partial charge is 0.407 e. The van der Waals surface area contributed by atoms with Gasteiger partial charge in [-0.3, -0.25) is 0 Å². The van der Waals surface area contributed by atoms with E-state index in [1.54, 1.807) is 0 Å². The SMILES string of the molecule is C[C@H](NC1CCC(NC(=O)OC(C)(C)C)C1)c1ccc(Cl)cc1. The molecule has 0 aliphatic heterocycles.